The number of benzene rings is 1. The highest BCUT2D eigenvalue weighted by Crippen LogP contribution is 2.16. The van der Waals surface area contributed by atoms with E-state index >= 15 is 0 Å². The van der Waals surface area contributed by atoms with Gasteiger partial charge >= 0.3 is 0 Å². The number of rotatable bonds is 1. The molecule has 0 aliphatic carbocycles. The number of fused-ring (bicyclic) bond motifs is 1. The molecule has 2 heterocycles. The summed E-state index contributed by atoms with van der Waals surface area (Å²) in [6.07, 6.45) is 2.78. The second kappa shape index (κ2) is 4.20. The predicted molar refractivity (Wildman–Crippen MR) is 63.3 cm³/mol. The molecule has 0 saturated carbocycles. The molecule has 0 fully saturated rings. The van der Waals surface area contributed by atoms with Crippen LogP contribution in [-0.4, -0.2) is 19.9 Å². The molecule has 94 valence electrons. The highest BCUT2D eigenvalue weighted by Gasteiger charge is 2.10. The topological polar surface area (TPSA) is 71.5 Å². The molecule has 5 nitrogen and oxygen atoms in total. The van der Waals surface area contributed by atoms with Crippen molar-refractivity contribution in [3.8, 4) is 11.5 Å². The molecule has 0 atom stereocenters. The Bertz CT molecular complexity index is 817. The van der Waals surface area contributed by atoms with Crippen LogP contribution in [0.3, 0.4) is 0 Å². The molecule has 3 aromatic rings. The van der Waals surface area contributed by atoms with Gasteiger partial charge < -0.3 is 4.98 Å². The minimum absolute atomic E-state index is 0.0169. The molecule has 7 heteroatoms. The number of halogens is 2. The molecule has 0 unspecified atom stereocenters. The zero-order valence-electron chi connectivity index (χ0n) is 9.39. The summed E-state index contributed by atoms with van der Waals surface area (Å²) in [7, 11) is 0. The number of aromatic amines is 1. The van der Waals surface area contributed by atoms with Gasteiger partial charge in [-0.15, -0.1) is 0 Å². The van der Waals surface area contributed by atoms with Gasteiger partial charge in [0.2, 0.25) is 0 Å². The standard InChI is InChI=1S/C12H6F2N4O/c13-7-3-6-10(4-8(7)14)17-11(18-12(6)19)9-1-2-15-5-16-9/h1-5H,(H,17,18,19). The molecular formula is C12H6F2N4O. The van der Waals surface area contributed by atoms with E-state index in [9.17, 15) is 13.6 Å². The fourth-order valence-electron chi connectivity index (χ4n) is 1.69. The van der Waals surface area contributed by atoms with Crippen molar-refractivity contribution >= 4 is 10.9 Å². The molecule has 1 N–H and O–H groups in total. The van der Waals surface area contributed by atoms with Gasteiger partial charge in [-0.05, 0) is 12.1 Å². The molecule has 0 aliphatic rings. The van der Waals surface area contributed by atoms with Crippen molar-refractivity contribution in [3.63, 3.8) is 0 Å². The number of nitrogens with one attached hydrogen (secondary N) is 1. The quantitative estimate of drug-likeness (QED) is 0.722. The zero-order valence-corrected chi connectivity index (χ0v) is 9.39. The molecule has 2 aromatic heterocycles. The highest BCUT2D eigenvalue weighted by atomic mass is 19.2. The van der Waals surface area contributed by atoms with Crippen LogP contribution < -0.4 is 5.56 Å². The van der Waals surface area contributed by atoms with Crippen LogP contribution in [0.15, 0.2) is 35.5 Å². The lowest BCUT2D eigenvalue weighted by Gasteiger charge is -2.02. The summed E-state index contributed by atoms with van der Waals surface area (Å²) >= 11 is 0. The molecule has 0 bridgehead atoms. The first-order chi connectivity index (χ1) is 9.15. The molecule has 19 heavy (non-hydrogen) atoms. The average molecular weight is 260 g/mol. The van der Waals surface area contributed by atoms with Crippen molar-refractivity contribution in [2.45, 2.75) is 0 Å². The first-order valence-electron chi connectivity index (χ1n) is 5.30. The van der Waals surface area contributed by atoms with E-state index in [1.807, 2.05) is 0 Å². The zero-order chi connectivity index (χ0) is 13.4. The molecule has 0 radical (unpaired) electrons. The van der Waals surface area contributed by atoms with Gasteiger partial charge in [0.05, 0.1) is 10.9 Å². The summed E-state index contributed by atoms with van der Waals surface area (Å²) in [6.45, 7) is 0. The minimum Gasteiger partial charge on any atom is -0.305 e. The fourth-order valence-corrected chi connectivity index (χ4v) is 1.69. The summed E-state index contributed by atoms with van der Waals surface area (Å²) in [5.41, 5.74) is -0.104. The summed E-state index contributed by atoms with van der Waals surface area (Å²) < 4.78 is 26.2. The van der Waals surface area contributed by atoms with Crippen LogP contribution in [0.25, 0.3) is 22.4 Å². The lowest BCUT2D eigenvalue weighted by atomic mass is 10.2. The van der Waals surface area contributed by atoms with Crippen molar-refractivity contribution in [2.24, 2.45) is 0 Å². The second-order valence-electron chi connectivity index (χ2n) is 3.79. The van der Waals surface area contributed by atoms with E-state index in [4.69, 9.17) is 0 Å². The van der Waals surface area contributed by atoms with E-state index in [2.05, 4.69) is 19.9 Å². The van der Waals surface area contributed by atoms with Crippen LogP contribution in [0, 0.1) is 11.6 Å². The maximum absolute atomic E-state index is 13.2. The number of hydrogen-bond donors (Lipinski definition) is 1. The lowest BCUT2D eigenvalue weighted by Crippen LogP contribution is -2.10. The average Bonchev–Trinajstić information content (AvgIpc) is 2.42. The van der Waals surface area contributed by atoms with Gasteiger partial charge in [0.25, 0.3) is 5.56 Å². The Morgan fingerprint density at radius 3 is 2.68 bits per heavy atom. The third kappa shape index (κ3) is 1.95. The lowest BCUT2D eigenvalue weighted by molar-refractivity contribution is 0.510. The summed E-state index contributed by atoms with van der Waals surface area (Å²) in [5.74, 6) is -1.97. The first-order valence-corrected chi connectivity index (χ1v) is 5.30. The summed E-state index contributed by atoms with van der Waals surface area (Å²) in [5, 5.41) is -0.0169. The maximum Gasteiger partial charge on any atom is 0.259 e. The van der Waals surface area contributed by atoms with E-state index in [0.29, 0.717) is 5.69 Å². The smallest absolute Gasteiger partial charge is 0.259 e. The van der Waals surface area contributed by atoms with Crippen LogP contribution >= 0.6 is 0 Å². The largest absolute Gasteiger partial charge is 0.305 e. The highest BCUT2D eigenvalue weighted by molar-refractivity contribution is 5.79. The van der Waals surface area contributed by atoms with Gasteiger partial charge in [-0.1, -0.05) is 0 Å². The normalized spacial score (nSPS) is 10.8. The van der Waals surface area contributed by atoms with E-state index in [0.717, 1.165) is 12.1 Å². The molecule has 0 amide bonds. The first kappa shape index (κ1) is 11.4. The predicted octanol–water partition coefficient (Wildman–Crippen LogP) is 1.66. The van der Waals surface area contributed by atoms with Gasteiger partial charge in [-0.25, -0.2) is 23.7 Å². The molecule has 3 rings (SSSR count). The monoisotopic (exact) mass is 260 g/mol. The SMILES string of the molecule is O=c1[nH]c(-c2ccncn2)nc2cc(F)c(F)cc12. The maximum atomic E-state index is 13.2. The number of aromatic nitrogens is 4. The summed E-state index contributed by atoms with van der Waals surface area (Å²) in [6, 6.07) is 3.24. The molecule has 0 aliphatic heterocycles. The van der Waals surface area contributed by atoms with Crippen molar-refractivity contribution in [1.82, 2.24) is 19.9 Å². The number of hydrogen-bond acceptors (Lipinski definition) is 4. The van der Waals surface area contributed by atoms with Gasteiger partial charge in [-0.3, -0.25) is 4.79 Å². The van der Waals surface area contributed by atoms with Gasteiger partial charge in [0.15, 0.2) is 17.5 Å². The molecule has 1 aromatic carbocycles. The number of nitrogens with zero attached hydrogens (tertiary/aromatic N) is 3. The van der Waals surface area contributed by atoms with Gasteiger partial charge in [0.1, 0.15) is 12.0 Å². The number of H-pyrrole nitrogens is 1. The van der Waals surface area contributed by atoms with Gasteiger partial charge in [0, 0.05) is 12.3 Å². The molecule has 0 spiro atoms. The van der Waals surface area contributed by atoms with E-state index in [-0.39, 0.29) is 16.7 Å². The third-order valence-corrected chi connectivity index (χ3v) is 2.57. The van der Waals surface area contributed by atoms with Crippen molar-refractivity contribution in [3.05, 3.63) is 52.7 Å². The Morgan fingerprint density at radius 2 is 1.95 bits per heavy atom. The Labute approximate surface area is 105 Å². The Hall–Kier alpha value is -2.70. The van der Waals surface area contributed by atoms with Crippen LogP contribution in [-0.2, 0) is 0 Å². The second-order valence-corrected chi connectivity index (χ2v) is 3.79. The van der Waals surface area contributed by atoms with E-state index < -0.39 is 17.2 Å². The van der Waals surface area contributed by atoms with E-state index in [1.165, 1.54) is 12.5 Å². The van der Waals surface area contributed by atoms with Crippen molar-refractivity contribution < 1.29 is 8.78 Å². The summed E-state index contributed by atoms with van der Waals surface area (Å²) in [4.78, 5) is 26.0. The van der Waals surface area contributed by atoms with Crippen molar-refractivity contribution in [2.75, 3.05) is 0 Å². The Morgan fingerprint density at radius 1 is 1.16 bits per heavy atom. The van der Waals surface area contributed by atoms with Crippen molar-refractivity contribution in [1.29, 1.82) is 0 Å². The van der Waals surface area contributed by atoms with Crippen LogP contribution in [0.4, 0.5) is 8.78 Å². The van der Waals surface area contributed by atoms with Crippen LogP contribution in [0.2, 0.25) is 0 Å². The third-order valence-electron chi connectivity index (χ3n) is 2.57. The van der Waals surface area contributed by atoms with Crippen LogP contribution in [0.5, 0.6) is 0 Å². The minimum atomic E-state index is -1.09. The fraction of sp³-hybridized carbons (Fsp3) is 0. The molecule has 0 saturated heterocycles. The Kier molecular flexibility index (Phi) is 2.52. The Balaban J connectivity index is 2.31. The van der Waals surface area contributed by atoms with Gasteiger partial charge in [-0.2, -0.15) is 0 Å². The van der Waals surface area contributed by atoms with Crippen LogP contribution in [0.1, 0.15) is 0 Å². The molecular weight excluding hydrogens is 254 g/mol. The van der Waals surface area contributed by atoms with E-state index in [1.54, 1.807) is 6.07 Å².